The van der Waals surface area contributed by atoms with Gasteiger partial charge >= 0.3 is 5.97 Å². The molecule has 1 aliphatic heterocycles. The predicted octanol–water partition coefficient (Wildman–Crippen LogP) is 5.21. The molecule has 2 fully saturated rings. The normalized spacial score (nSPS) is 23.5. The third kappa shape index (κ3) is 6.97. The number of aliphatic hydroxyl groups excluding tert-OH is 3. The first-order chi connectivity index (χ1) is 25.9. The number of esters is 1. The molecule has 2 aliphatic carbocycles. The van der Waals surface area contributed by atoms with Gasteiger partial charge in [0.15, 0.2) is 11.6 Å². The van der Waals surface area contributed by atoms with Crippen LogP contribution in [0.3, 0.4) is 0 Å². The molecule has 5 atom stereocenters. The molecule has 0 spiro atoms. The largest absolute Gasteiger partial charge is 0.507 e. The monoisotopic (exact) mass is 734 g/mol. The van der Waals surface area contributed by atoms with E-state index in [0.717, 1.165) is 30.4 Å². The van der Waals surface area contributed by atoms with E-state index in [1.165, 1.54) is 32.0 Å². The number of fused-ring (bicyclic) bond motifs is 2. The molecule has 1 saturated heterocycles. The Morgan fingerprint density at radius 1 is 0.833 bits per heavy atom. The highest BCUT2D eigenvalue weighted by atomic mass is 16.7. The molecule has 4 aromatic carbocycles. The lowest BCUT2D eigenvalue weighted by Crippen LogP contribution is -2.58. The third-order valence-corrected chi connectivity index (χ3v) is 10.6. The number of hydrogen-bond donors (Lipinski definition) is 5. The van der Waals surface area contributed by atoms with Crippen LogP contribution in [0.1, 0.15) is 106 Å². The molecular weight excluding hydrogens is 692 g/mol. The molecule has 0 bridgehead atoms. The number of ketones is 2. The van der Waals surface area contributed by atoms with Gasteiger partial charge in [0.05, 0.1) is 17.3 Å². The lowest BCUT2D eigenvalue weighted by molar-refractivity contribution is -0.268. The highest BCUT2D eigenvalue weighted by Crippen LogP contribution is 2.45. The Morgan fingerprint density at radius 3 is 2.28 bits per heavy atom. The number of aromatic hydroxyl groups is 1. The van der Waals surface area contributed by atoms with Gasteiger partial charge in [-0.2, -0.15) is 0 Å². The fraction of sp³-hybridized carbons (Fsp3) is 0.326. The van der Waals surface area contributed by atoms with Crippen LogP contribution in [0.5, 0.6) is 17.2 Å². The summed E-state index contributed by atoms with van der Waals surface area (Å²) in [7, 11) is 0. The van der Waals surface area contributed by atoms with Crippen LogP contribution in [0, 0.1) is 0 Å². The van der Waals surface area contributed by atoms with E-state index in [-0.39, 0.29) is 51.3 Å². The first kappa shape index (κ1) is 37.2. The zero-order valence-electron chi connectivity index (χ0n) is 29.9. The van der Waals surface area contributed by atoms with Crippen LogP contribution in [-0.4, -0.2) is 73.8 Å². The number of hydrogen-bond acceptors (Lipinski definition) is 11. The molecule has 0 amide bonds. The van der Waals surface area contributed by atoms with E-state index < -0.39 is 59.6 Å². The van der Waals surface area contributed by atoms with Crippen molar-refractivity contribution in [2.75, 3.05) is 0 Å². The Kier molecular flexibility index (Phi) is 10.3. The average Bonchev–Trinajstić information content (AvgIpc) is 3.16. The summed E-state index contributed by atoms with van der Waals surface area (Å²) in [5.74, 6) is -2.55. The van der Waals surface area contributed by atoms with Crippen molar-refractivity contribution in [1.82, 2.24) is 0 Å². The maximum absolute atomic E-state index is 14.6. The van der Waals surface area contributed by atoms with Crippen molar-refractivity contribution in [2.24, 2.45) is 0 Å². The number of phenols is 1. The number of phenolic OH excluding ortho intramolecular Hbond substituents is 1. The highest BCUT2D eigenvalue weighted by molar-refractivity contribution is 6.31. The van der Waals surface area contributed by atoms with E-state index in [4.69, 9.17) is 14.2 Å². The molecular formula is C43H42O11. The quantitative estimate of drug-likeness (QED) is 0.0803. The van der Waals surface area contributed by atoms with Crippen LogP contribution < -0.4 is 9.47 Å². The van der Waals surface area contributed by atoms with Gasteiger partial charge in [-0.25, -0.2) is 0 Å². The number of aliphatic hydroxyl groups is 4. The first-order valence-corrected chi connectivity index (χ1v) is 18.1. The molecule has 7 rings (SSSR count). The molecule has 1 saturated carbocycles. The number of carbonyl (C=O) groups is 3. The van der Waals surface area contributed by atoms with Gasteiger partial charge in [-0.3, -0.25) is 14.4 Å². The number of benzene rings is 4. The molecule has 11 heteroatoms. The smallest absolute Gasteiger partial charge is 0.308 e. The van der Waals surface area contributed by atoms with Crippen LogP contribution >= 0.6 is 0 Å². The van der Waals surface area contributed by atoms with Gasteiger partial charge < -0.3 is 39.7 Å². The summed E-state index contributed by atoms with van der Waals surface area (Å²) in [4.78, 5) is 41.1. The summed E-state index contributed by atoms with van der Waals surface area (Å²) in [6.45, 7) is 2.71. The van der Waals surface area contributed by atoms with Crippen LogP contribution in [0.4, 0.5) is 0 Å². The van der Waals surface area contributed by atoms with Crippen molar-refractivity contribution in [3.63, 3.8) is 0 Å². The topological polar surface area (TPSA) is 180 Å². The molecule has 0 radical (unpaired) electrons. The third-order valence-electron chi connectivity index (χ3n) is 10.6. The molecule has 4 aromatic rings. The lowest BCUT2D eigenvalue weighted by Gasteiger charge is -2.39. The summed E-state index contributed by atoms with van der Waals surface area (Å²) >= 11 is 0. The Balaban J connectivity index is 1.36. The van der Waals surface area contributed by atoms with Gasteiger partial charge in [-0.05, 0) is 60.7 Å². The van der Waals surface area contributed by atoms with Crippen molar-refractivity contribution in [2.45, 2.75) is 88.7 Å². The summed E-state index contributed by atoms with van der Waals surface area (Å²) in [5.41, 5.74) is 0.895. The molecule has 0 unspecified atom stereocenters. The molecule has 54 heavy (non-hydrogen) atoms. The molecule has 11 nitrogen and oxygen atoms in total. The van der Waals surface area contributed by atoms with Crippen molar-refractivity contribution < 1.29 is 54.1 Å². The minimum atomic E-state index is -1.72. The maximum atomic E-state index is 14.6. The van der Waals surface area contributed by atoms with E-state index in [2.05, 4.69) is 0 Å². The Morgan fingerprint density at radius 2 is 1.56 bits per heavy atom. The van der Waals surface area contributed by atoms with Gasteiger partial charge in [-0.15, -0.1) is 0 Å². The van der Waals surface area contributed by atoms with Crippen LogP contribution in [0.2, 0.25) is 0 Å². The fourth-order valence-electron chi connectivity index (χ4n) is 7.66. The summed E-state index contributed by atoms with van der Waals surface area (Å²) in [6.07, 6.45) is 0.0561. The molecule has 280 valence electrons. The summed E-state index contributed by atoms with van der Waals surface area (Å²) < 4.78 is 17.4. The zero-order valence-corrected chi connectivity index (χ0v) is 29.9. The van der Waals surface area contributed by atoms with Crippen molar-refractivity contribution in [1.29, 1.82) is 0 Å². The molecule has 5 N–H and O–H groups in total. The van der Waals surface area contributed by atoms with E-state index in [1.54, 1.807) is 24.3 Å². The first-order valence-electron chi connectivity index (χ1n) is 18.1. The van der Waals surface area contributed by atoms with Gasteiger partial charge in [-0.1, -0.05) is 79.9 Å². The van der Waals surface area contributed by atoms with Crippen molar-refractivity contribution in [3.8, 4) is 17.2 Å². The van der Waals surface area contributed by atoms with E-state index >= 15 is 0 Å². The zero-order chi connectivity index (χ0) is 38.3. The van der Waals surface area contributed by atoms with Crippen LogP contribution in [0.15, 0.2) is 72.8 Å². The van der Waals surface area contributed by atoms with Gasteiger partial charge in [0, 0.05) is 41.2 Å². The fourth-order valence-corrected chi connectivity index (χ4v) is 7.66. The van der Waals surface area contributed by atoms with Gasteiger partial charge in [0.2, 0.25) is 6.29 Å². The van der Waals surface area contributed by atoms with E-state index in [0.29, 0.717) is 18.4 Å². The predicted molar refractivity (Wildman–Crippen MR) is 197 cm³/mol. The van der Waals surface area contributed by atoms with Crippen LogP contribution in [-0.2, 0) is 21.6 Å². The highest BCUT2D eigenvalue weighted by Gasteiger charge is 2.44. The standard InChI is InChI=1S/C43H42O11/c1-23-36(45)40(49)41(50)42(52-23)54-33-22-31-35(38(47)30(33)21-26-12-9-13-27(20-26)43(51)18-7-4-8-19-43)37(46)29-16-17-32(53-24(2)44)28(34(29)39(31)48)15-14-25-10-5-3-6-11-25/h3,5-6,9-17,20,22-23,36,40-42,45,47,49-51H,4,7-8,18-19,21H2,1-2H3/t23-,36-,40-,41-,42-/m1/s1. The van der Waals surface area contributed by atoms with E-state index in [9.17, 15) is 39.9 Å². The van der Waals surface area contributed by atoms with Crippen LogP contribution in [0.25, 0.3) is 12.2 Å². The summed E-state index contributed by atoms with van der Waals surface area (Å²) in [6, 6.07) is 20.6. The minimum absolute atomic E-state index is 0.00970. The second kappa shape index (κ2) is 14.9. The molecule has 1 heterocycles. The Labute approximate surface area is 312 Å². The lowest BCUT2D eigenvalue weighted by atomic mass is 9.78. The second-order valence-electron chi connectivity index (χ2n) is 14.3. The van der Waals surface area contributed by atoms with Crippen molar-refractivity contribution in [3.05, 3.63) is 123 Å². The average molecular weight is 735 g/mol. The number of carbonyl (C=O) groups excluding carboxylic acids is 3. The number of rotatable bonds is 8. The minimum Gasteiger partial charge on any atom is -0.507 e. The maximum Gasteiger partial charge on any atom is 0.308 e. The SMILES string of the molecule is CC(=O)Oc1ccc2c(c1C=Cc1ccccc1)C(=O)c1cc(O[C@H]3O[C@H](C)[C@@H](O)[C@@H](O)[C@H]3O)c(Cc3cccc(C4(O)CCCCC4)c3)c(O)c1C2=O. The van der Waals surface area contributed by atoms with Gasteiger partial charge in [0.1, 0.15) is 35.6 Å². The second-order valence-corrected chi connectivity index (χ2v) is 14.3. The number of ether oxygens (including phenoxy) is 3. The Bertz CT molecular complexity index is 2130. The Hall–Kier alpha value is -5.17. The molecule has 0 aromatic heterocycles. The molecule has 3 aliphatic rings. The van der Waals surface area contributed by atoms with E-state index in [1.807, 2.05) is 42.5 Å². The van der Waals surface area contributed by atoms with Gasteiger partial charge in [0.25, 0.3) is 0 Å². The summed E-state index contributed by atoms with van der Waals surface area (Å²) in [5, 5.41) is 55.3. The van der Waals surface area contributed by atoms with Crippen molar-refractivity contribution >= 4 is 29.7 Å².